The third-order valence-corrected chi connectivity index (χ3v) is 1.62. The smallest absolute Gasteiger partial charge is 0.255 e. The molecule has 1 aromatic heterocycles. The van der Waals surface area contributed by atoms with E-state index in [1.165, 1.54) is 0 Å². The van der Waals surface area contributed by atoms with E-state index in [-0.39, 0.29) is 5.56 Å². The molecule has 0 saturated carbocycles. The summed E-state index contributed by atoms with van der Waals surface area (Å²) in [7, 11) is 0. The van der Waals surface area contributed by atoms with Gasteiger partial charge in [0, 0.05) is 12.1 Å². The Labute approximate surface area is 70.9 Å². The van der Waals surface area contributed by atoms with Crippen molar-refractivity contribution in [3.63, 3.8) is 0 Å². The molecule has 0 saturated heterocycles. The second-order valence-corrected chi connectivity index (χ2v) is 2.60. The molecule has 0 amide bonds. The molecule has 3 nitrogen and oxygen atoms in total. The van der Waals surface area contributed by atoms with Crippen LogP contribution in [-0.4, -0.2) is 9.97 Å². The lowest BCUT2D eigenvalue weighted by atomic mass is 10.2. The number of H-pyrrole nitrogens is 1. The SMILES string of the molecule is C#CCc1c(C)nc(C)[nH]c1=O. The zero-order valence-corrected chi connectivity index (χ0v) is 7.14. The Bertz CT molecular complexity index is 384. The average molecular weight is 162 g/mol. The number of rotatable bonds is 1. The van der Waals surface area contributed by atoms with Crippen molar-refractivity contribution in [3.05, 3.63) is 27.4 Å². The summed E-state index contributed by atoms with van der Waals surface area (Å²) in [6.07, 6.45) is 5.45. The Kier molecular flexibility index (Phi) is 2.29. The summed E-state index contributed by atoms with van der Waals surface area (Å²) in [6, 6.07) is 0. The van der Waals surface area contributed by atoms with Gasteiger partial charge in [-0.15, -0.1) is 12.3 Å². The second-order valence-electron chi connectivity index (χ2n) is 2.60. The van der Waals surface area contributed by atoms with Crippen molar-refractivity contribution in [1.29, 1.82) is 0 Å². The van der Waals surface area contributed by atoms with Crippen LogP contribution in [0, 0.1) is 26.2 Å². The number of aromatic nitrogens is 2. The van der Waals surface area contributed by atoms with Crippen LogP contribution < -0.4 is 5.56 Å². The first-order valence-corrected chi connectivity index (χ1v) is 3.65. The molecule has 0 aliphatic carbocycles. The first kappa shape index (κ1) is 8.54. The molecule has 0 aromatic carbocycles. The first-order chi connectivity index (χ1) is 5.65. The number of hydrogen-bond acceptors (Lipinski definition) is 2. The van der Waals surface area contributed by atoms with Crippen LogP contribution in [0.3, 0.4) is 0 Å². The molecular formula is C9H10N2O. The quantitative estimate of drug-likeness (QED) is 0.613. The molecule has 62 valence electrons. The summed E-state index contributed by atoms with van der Waals surface area (Å²) < 4.78 is 0. The van der Waals surface area contributed by atoms with Gasteiger partial charge in [0.25, 0.3) is 5.56 Å². The Morgan fingerprint density at radius 2 is 2.25 bits per heavy atom. The van der Waals surface area contributed by atoms with Crippen LogP contribution in [0.15, 0.2) is 4.79 Å². The molecule has 0 unspecified atom stereocenters. The zero-order valence-electron chi connectivity index (χ0n) is 7.14. The second kappa shape index (κ2) is 3.22. The van der Waals surface area contributed by atoms with Gasteiger partial charge in [-0.3, -0.25) is 4.79 Å². The van der Waals surface area contributed by atoms with Gasteiger partial charge in [-0.25, -0.2) is 4.98 Å². The third-order valence-electron chi connectivity index (χ3n) is 1.62. The maximum Gasteiger partial charge on any atom is 0.255 e. The summed E-state index contributed by atoms with van der Waals surface area (Å²) >= 11 is 0. The minimum absolute atomic E-state index is 0.127. The number of nitrogens with one attached hydrogen (secondary N) is 1. The fourth-order valence-corrected chi connectivity index (χ4v) is 1.06. The summed E-state index contributed by atoms with van der Waals surface area (Å²) in [5.41, 5.74) is 1.18. The lowest BCUT2D eigenvalue weighted by Crippen LogP contribution is -2.17. The number of aromatic amines is 1. The van der Waals surface area contributed by atoms with E-state index in [0.29, 0.717) is 23.5 Å². The highest BCUT2D eigenvalue weighted by Crippen LogP contribution is 1.98. The molecule has 0 bridgehead atoms. The van der Waals surface area contributed by atoms with Gasteiger partial charge in [-0.2, -0.15) is 0 Å². The van der Waals surface area contributed by atoms with Gasteiger partial charge in [-0.1, -0.05) is 0 Å². The fraction of sp³-hybridized carbons (Fsp3) is 0.333. The maximum absolute atomic E-state index is 11.3. The minimum atomic E-state index is -0.127. The summed E-state index contributed by atoms with van der Waals surface area (Å²) in [4.78, 5) is 18.0. The van der Waals surface area contributed by atoms with Crippen LogP contribution in [0.5, 0.6) is 0 Å². The Morgan fingerprint density at radius 3 is 2.75 bits per heavy atom. The van der Waals surface area contributed by atoms with E-state index in [1.807, 2.05) is 0 Å². The zero-order chi connectivity index (χ0) is 9.14. The topological polar surface area (TPSA) is 45.8 Å². The van der Waals surface area contributed by atoms with Gasteiger partial charge < -0.3 is 4.98 Å². The molecule has 0 atom stereocenters. The predicted octanol–water partition coefficient (Wildman–Crippen LogP) is 0.562. The van der Waals surface area contributed by atoms with Crippen LogP contribution >= 0.6 is 0 Å². The van der Waals surface area contributed by atoms with Gasteiger partial charge in [0.2, 0.25) is 0 Å². The van der Waals surface area contributed by atoms with Gasteiger partial charge in [0.1, 0.15) is 5.82 Å². The third kappa shape index (κ3) is 1.54. The van der Waals surface area contributed by atoms with Crippen molar-refractivity contribution in [1.82, 2.24) is 9.97 Å². The van der Waals surface area contributed by atoms with Gasteiger partial charge in [0.05, 0.1) is 5.56 Å². The number of hydrogen-bond donors (Lipinski definition) is 1. The van der Waals surface area contributed by atoms with Crippen LogP contribution in [0.4, 0.5) is 0 Å². The lowest BCUT2D eigenvalue weighted by Gasteiger charge is -2.00. The Morgan fingerprint density at radius 1 is 1.58 bits per heavy atom. The summed E-state index contributed by atoms with van der Waals surface area (Å²) in [5.74, 6) is 3.05. The molecule has 0 radical (unpaired) electrons. The molecule has 12 heavy (non-hydrogen) atoms. The highest BCUT2D eigenvalue weighted by Gasteiger charge is 2.03. The molecule has 3 heteroatoms. The van der Waals surface area contributed by atoms with E-state index in [9.17, 15) is 4.79 Å². The standard InChI is InChI=1S/C9H10N2O/c1-4-5-8-6(2)10-7(3)11-9(8)12/h1H,5H2,2-3H3,(H,10,11,12). The molecule has 1 aromatic rings. The molecule has 1 heterocycles. The van der Waals surface area contributed by atoms with Crippen molar-refractivity contribution in [2.75, 3.05) is 0 Å². The van der Waals surface area contributed by atoms with Gasteiger partial charge in [-0.05, 0) is 13.8 Å². The van der Waals surface area contributed by atoms with Gasteiger partial charge in [0.15, 0.2) is 0 Å². The molecule has 1 N–H and O–H groups in total. The summed E-state index contributed by atoms with van der Waals surface area (Å²) in [5, 5.41) is 0. The molecular weight excluding hydrogens is 152 g/mol. The number of aryl methyl sites for hydroxylation is 2. The molecule has 0 fully saturated rings. The first-order valence-electron chi connectivity index (χ1n) is 3.65. The van der Waals surface area contributed by atoms with Crippen molar-refractivity contribution in [2.24, 2.45) is 0 Å². The Hall–Kier alpha value is -1.56. The number of nitrogens with zero attached hydrogens (tertiary/aromatic N) is 1. The van der Waals surface area contributed by atoms with Crippen molar-refractivity contribution < 1.29 is 0 Å². The monoisotopic (exact) mass is 162 g/mol. The molecule has 0 aliphatic rings. The van der Waals surface area contributed by atoms with Crippen LogP contribution in [0.2, 0.25) is 0 Å². The van der Waals surface area contributed by atoms with Crippen LogP contribution in [-0.2, 0) is 6.42 Å². The molecule has 0 aliphatic heterocycles. The van der Waals surface area contributed by atoms with E-state index in [0.717, 1.165) is 0 Å². The number of terminal acetylenes is 1. The van der Waals surface area contributed by atoms with E-state index >= 15 is 0 Å². The normalized spacial score (nSPS) is 9.42. The van der Waals surface area contributed by atoms with Crippen molar-refractivity contribution in [2.45, 2.75) is 20.3 Å². The largest absolute Gasteiger partial charge is 0.311 e. The minimum Gasteiger partial charge on any atom is -0.311 e. The van der Waals surface area contributed by atoms with Crippen LogP contribution in [0.25, 0.3) is 0 Å². The highest BCUT2D eigenvalue weighted by molar-refractivity contribution is 5.20. The van der Waals surface area contributed by atoms with Gasteiger partial charge >= 0.3 is 0 Å². The van der Waals surface area contributed by atoms with Crippen molar-refractivity contribution in [3.8, 4) is 12.3 Å². The van der Waals surface area contributed by atoms with E-state index in [2.05, 4.69) is 15.9 Å². The van der Waals surface area contributed by atoms with Crippen LogP contribution in [0.1, 0.15) is 17.1 Å². The van der Waals surface area contributed by atoms with E-state index in [1.54, 1.807) is 13.8 Å². The summed E-state index contributed by atoms with van der Waals surface area (Å²) in [6.45, 7) is 3.53. The van der Waals surface area contributed by atoms with E-state index in [4.69, 9.17) is 6.42 Å². The lowest BCUT2D eigenvalue weighted by molar-refractivity contribution is 0.940. The Balaban J connectivity index is 3.31. The highest BCUT2D eigenvalue weighted by atomic mass is 16.1. The molecule has 0 spiro atoms. The van der Waals surface area contributed by atoms with E-state index < -0.39 is 0 Å². The van der Waals surface area contributed by atoms with Crippen molar-refractivity contribution >= 4 is 0 Å². The average Bonchev–Trinajstić information content (AvgIpc) is 1.96. The maximum atomic E-state index is 11.3. The fourth-order valence-electron chi connectivity index (χ4n) is 1.06. The predicted molar refractivity (Wildman–Crippen MR) is 46.9 cm³/mol. The molecule has 1 rings (SSSR count).